The number of unbranched alkanes of at least 4 members (excludes halogenated alkanes) is 1. The highest BCUT2D eigenvalue weighted by Gasteiger charge is 1.91. The second-order valence-corrected chi connectivity index (χ2v) is 3.06. The standard InChI is InChI=1S/C11H21NO3/c1-3-15-11(13)7-6-9-12-8-4-5-10-14-2/h6-7,12H,3-5,8-10H2,1-2H3/b7-6+. The molecule has 0 aliphatic rings. The van der Waals surface area contributed by atoms with Crippen LogP contribution in [0.4, 0.5) is 0 Å². The average molecular weight is 215 g/mol. The first-order chi connectivity index (χ1) is 7.31. The van der Waals surface area contributed by atoms with Crippen LogP contribution in [0.15, 0.2) is 12.2 Å². The Hall–Kier alpha value is -0.870. The van der Waals surface area contributed by atoms with E-state index in [0.717, 1.165) is 26.0 Å². The zero-order valence-electron chi connectivity index (χ0n) is 9.62. The van der Waals surface area contributed by atoms with Gasteiger partial charge in [0.1, 0.15) is 0 Å². The zero-order valence-corrected chi connectivity index (χ0v) is 9.62. The molecule has 0 aliphatic carbocycles. The molecular formula is C11H21NO3. The monoisotopic (exact) mass is 215 g/mol. The van der Waals surface area contributed by atoms with Crippen molar-refractivity contribution < 1.29 is 14.3 Å². The maximum Gasteiger partial charge on any atom is 0.330 e. The van der Waals surface area contributed by atoms with E-state index in [2.05, 4.69) is 5.32 Å². The summed E-state index contributed by atoms with van der Waals surface area (Å²) in [6, 6.07) is 0. The van der Waals surface area contributed by atoms with Crippen LogP contribution in [0.2, 0.25) is 0 Å². The molecule has 0 aromatic heterocycles. The Morgan fingerprint density at radius 2 is 2.20 bits per heavy atom. The van der Waals surface area contributed by atoms with Gasteiger partial charge in [0.15, 0.2) is 0 Å². The van der Waals surface area contributed by atoms with Crippen LogP contribution in [0.3, 0.4) is 0 Å². The summed E-state index contributed by atoms with van der Waals surface area (Å²) in [5, 5.41) is 3.19. The number of rotatable bonds is 9. The number of methoxy groups -OCH3 is 1. The SMILES string of the molecule is CCOC(=O)/C=C/CNCCCCOC. The van der Waals surface area contributed by atoms with Crippen molar-refractivity contribution in [3.05, 3.63) is 12.2 Å². The van der Waals surface area contributed by atoms with Gasteiger partial charge in [-0.15, -0.1) is 0 Å². The molecule has 0 heterocycles. The lowest BCUT2D eigenvalue weighted by Crippen LogP contribution is -2.15. The molecule has 88 valence electrons. The van der Waals surface area contributed by atoms with Crippen molar-refractivity contribution in [2.24, 2.45) is 0 Å². The molecule has 0 saturated heterocycles. The van der Waals surface area contributed by atoms with Crippen molar-refractivity contribution in [1.82, 2.24) is 5.32 Å². The average Bonchev–Trinajstić information content (AvgIpc) is 2.22. The first-order valence-electron chi connectivity index (χ1n) is 5.34. The van der Waals surface area contributed by atoms with Crippen LogP contribution < -0.4 is 5.32 Å². The molecule has 0 radical (unpaired) electrons. The van der Waals surface area contributed by atoms with Gasteiger partial charge in [-0.05, 0) is 26.3 Å². The van der Waals surface area contributed by atoms with Crippen molar-refractivity contribution >= 4 is 5.97 Å². The zero-order chi connectivity index (χ0) is 11.4. The molecule has 0 rings (SSSR count). The minimum absolute atomic E-state index is 0.279. The third kappa shape index (κ3) is 11.1. The number of carbonyl (C=O) groups is 1. The van der Waals surface area contributed by atoms with Gasteiger partial charge < -0.3 is 14.8 Å². The minimum atomic E-state index is -0.279. The molecule has 0 bridgehead atoms. The summed E-state index contributed by atoms with van der Waals surface area (Å²) < 4.78 is 9.66. The second-order valence-electron chi connectivity index (χ2n) is 3.06. The third-order valence-corrected chi connectivity index (χ3v) is 1.75. The molecule has 0 fully saturated rings. The maximum absolute atomic E-state index is 10.9. The Bertz CT molecular complexity index is 181. The molecule has 4 nitrogen and oxygen atoms in total. The van der Waals surface area contributed by atoms with E-state index in [1.54, 1.807) is 20.1 Å². The Morgan fingerprint density at radius 3 is 2.87 bits per heavy atom. The lowest BCUT2D eigenvalue weighted by molar-refractivity contribution is -0.137. The normalized spacial score (nSPS) is 10.8. The molecule has 0 aliphatic heterocycles. The third-order valence-electron chi connectivity index (χ3n) is 1.75. The van der Waals surface area contributed by atoms with Crippen molar-refractivity contribution in [3.63, 3.8) is 0 Å². The van der Waals surface area contributed by atoms with Crippen LogP contribution in [-0.2, 0) is 14.3 Å². The van der Waals surface area contributed by atoms with E-state index in [0.29, 0.717) is 13.2 Å². The molecule has 0 aromatic rings. The Morgan fingerprint density at radius 1 is 1.40 bits per heavy atom. The Balaban J connectivity index is 3.19. The highest BCUT2D eigenvalue weighted by atomic mass is 16.5. The van der Waals surface area contributed by atoms with Gasteiger partial charge in [-0.3, -0.25) is 0 Å². The van der Waals surface area contributed by atoms with Gasteiger partial charge in [-0.25, -0.2) is 4.79 Å². The van der Waals surface area contributed by atoms with Gasteiger partial charge in [-0.2, -0.15) is 0 Å². The van der Waals surface area contributed by atoms with Crippen molar-refractivity contribution in [2.45, 2.75) is 19.8 Å². The van der Waals surface area contributed by atoms with Crippen LogP contribution >= 0.6 is 0 Å². The number of ether oxygens (including phenoxy) is 2. The first kappa shape index (κ1) is 14.1. The predicted octanol–water partition coefficient (Wildman–Crippen LogP) is 1.12. The fourth-order valence-electron chi connectivity index (χ4n) is 1.03. The summed E-state index contributed by atoms with van der Waals surface area (Å²) in [5.41, 5.74) is 0. The number of hydrogen-bond donors (Lipinski definition) is 1. The molecule has 4 heteroatoms. The summed E-state index contributed by atoms with van der Waals surface area (Å²) >= 11 is 0. The largest absolute Gasteiger partial charge is 0.463 e. The smallest absolute Gasteiger partial charge is 0.330 e. The molecule has 0 spiro atoms. The predicted molar refractivity (Wildman–Crippen MR) is 59.8 cm³/mol. The van der Waals surface area contributed by atoms with Crippen molar-refractivity contribution in [2.75, 3.05) is 33.4 Å². The molecule has 0 unspecified atom stereocenters. The first-order valence-corrected chi connectivity index (χ1v) is 5.34. The van der Waals surface area contributed by atoms with Crippen LogP contribution in [0, 0.1) is 0 Å². The Labute approximate surface area is 91.6 Å². The summed E-state index contributed by atoms with van der Waals surface area (Å²) in [7, 11) is 1.70. The fraction of sp³-hybridized carbons (Fsp3) is 0.727. The molecule has 0 amide bonds. The van der Waals surface area contributed by atoms with Crippen LogP contribution in [0.5, 0.6) is 0 Å². The van der Waals surface area contributed by atoms with Gasteiger partial charge in [-0.1, -0.05) is 6.08 Å². The summed E-state index contributed by atoms with van der Waals surface area (Å²) in [5.74, 6) is -0.279. The molecule has 0 aromatic carbocycles. The second kappa shape index (κ2) is 11.2. The number of esters is 1. The van der Waals surface area contributed by atoms with Gasteiger partial charge in [0.25, 0.3) is 0 Å². The summed E-state index contributed by atoms with van der Waals surface area (Å²) in [6.45, 7) is 4.66. The lowest BCUT2D eigenvalue weighted by atomic mass is 10.3. The van der Waals surface area contributed by atoms with E-state index in [1.807, 2.05) is 0 Å². The molecular weight excluding hydrogens is 194 g/mol. The molecule has 1 N–H and O–H groups in total. The minimum Gasteiger partial charge on any atom is -0.463 e. The van der Waals surface area contributed by atoms with Gasteiger partial charge in [0.05, 0.1) is 6.61 Å². The van der Waals surface area contributed by atoms with Gasteiger partial charge in [0, 0.05) is 26.3 Å². The topological polar surface area (TPSA) is 47.6 Å². The summed E-state index contributed by atoms with van der Waals surface area (Å²) in [6.07, 6.45) is 5.37. The van der Waals surface area contributed by atoms with E-state index in [9.17, 15) is 4.79 Å². The molecule has 15 heavy (non-hydrogen) atoms. The van der Waals surface area contributed by atoms with Gasteiger partial charge >= 0.3 is 5.97 Å². The van der Waals surface area contributed by atoms with E-state index in [4.69, 9.17) is 9.47 Å². The van der Waals surface area contributed by atoms with Crippen LogP contribution in [-0.4, -0.2) is 39.4 Å². The van der Waals surface area contributed by atoms with Crippen molar-refractivity contribution in [1.29, 1.82) is 0 Å². The van der Waals surface area contributed by atoms with Crippen LogP contribution in [0.25, 0.3) is 0 Å². The summed E-state index contributed by atoms with van der Waals surface area (Å²) in [4.78, 5) is 10.9. The number of hydrogen-bond acceptors (Lipinski definition) is 4. The fourth-order valence-corrected chi connectivity index (χ4v) is 1.03. The van der Waals surface area contributed by atoms with E-state index >= 15 is 0 Å². The van der Waals surface area contributed by atoms with Crippen LogP contribution in [0.1, 0.15) is 19.8 Å². The van der Waals surface area contributed by atoms with E-state index < -0.39 is 0 Å². The maximum atomic E-state index is 10.9. The number of carbonyl (C=O) groups excluding carboxylic acids is 1. The highest BCUT2D eigenvalue weighted by Crippen LogP contribution is 1.86. The van der Waals surface area contributed by atoms with Gasteiger partial charge in [0.2, 0.25) is 0 Å². The van der Waals surface area contributed by atoms with E-state index in [-0.39, 0.29) is 5.97 Å². The van der Waals surface area contributed by atoms with Crippen molar-refractivity contribution in [3.8, 4) is 0 Å². The highest BCUT2D eigenvalue weighted by molar-refractivity contribution is 5.81. The van der Waals surface area contributed by atoms with E-state index in [1.165, 1.54) is 6.08 Å². The lowest BCUT2D eigenvalue weighted by Gasteiger charge is -2.00. The number of nitrogens with one attached hydrogen (secondary N) is 1. The molecule has 0 atom stereocenters. The quantitative estimate of drug-likeness (QED) is 0.356. The molecule has 0 saturated carbocycles. The Kier molecular flexibility index (Phi) is 10.6.